The quantitative estimate of drug-likeness (QED) is 0.114. The van der Waals surface area contributed by atoms with Gasteiger partial charge in [0.2, 0.25) is 17.1 Å². The van der Waals surface area contributed by atoms with E-state index in [2.05, 4.69) is 372 Å². The first-order valence-electron chi connectivity index (χ1n) is 38.3. The minimum Gasteiger partial charge on any atom is -0.347 e. The van der Waals surface area contributed by atoms with Crippen LogP contribution in [0.1, 0.15) is 174 Å². The third-order valence-corrected chi connectivity index (χ3v) is 25.9. The number of likely N-dealkylation sites (N-methyl/N-ethyl adjacent to an activating group) is 3. The fraction of sp³-hybridized carbons (Fsp3) is 0.351. The van der Waals surface area contributed by atoms with Gasteiger partial charge in [0.05, 0.1) is 16.2 Å². The summed E-state index contributed by atoms with van der Waals surface area (Å²) in [6.45, 7) is 29.2. The van der Waals surface area contributed by atoms with Crippen molar-refractivity contribution in [3.63, 3.8) is 0 Å². The van der Waals surface area contributed by atoms with Gasteiger partial charge in [0.15, 0.2) is 17.1 Å². The highest BCUT2D eigenvalue weighted by Crippen LogP contribution is 2.56. The van der Waals surface area contributed by atoms with Gasteiger partial charge in [-0.05, 0) is 203 Å². The van der Waals surface area contributed by atoms with E-state index in [4.69, 9.17) is 0 Å². The Morgan fingerprint density at radius 1 is 0.291 bits per heavy atom. The van der Waals surface area contributed by atoms with Gasteiger partial charge >= 0.3 is 0 Å². The molecule has 0 fully saturated rings. The molecular weight excluding hydrogens is 1250 g/mol. The van der Waals surface area contributed by atoms with E-state index in [0.29, 0.717) is 0 Å². The average Bonchev–Trinajstić information content (AvgIpc) is 1.49. The first-order valence-corrected chi connectivity index (χ1v) is 38.3. The Morgan fingerprint density at radius 3 is 0.786 bits per heavy atom. The van der Waals surface area contributed by atoms with Crippen LogP contribution in [0.4, 0.5) is 34.1 Å². The highest BCUT2D eigenvalue weighted by molar-refractivity contribution is 6.05. The van der Waals surface area contributed by atoms with E-state index < -0.39 is 0 Å². The van der Waals surface area contributed by atoms with Crippen molar-refractivity contribution in [2.24, 2.45) is 5.92 Å². The van der Waals surface area contributed by atoms with Crippen molar-refractivity contribution in [3.8, 4) is 0 Å². The van der Waals surface area contributed by atoms with Crippen molar-refractivity contribution >= 4 is 51.3 Å². The molecule has 0 radical (unpaired) electrons. The van der Waals surface area contributed by atoms with Crippen LogP contribution in [0, 0.1) is 5.92 Å². The molecule has 0 aromatic heterocycles. The van der Waals surface area contributed by atoms with Crippen molar-refractivity contribution in [2.75, 3.05) is 57.0 Å². The average molecular weight is 1360 g/mol. The van der Waals surface area contributed by atoms with Crippen LogP contribution in [0.3, 0.4) is 0 Å². The van der Waals surface area contributed by atoms with Crippen LogP contribution in [-0.2, 0) is 32.5 Å². The molecule has 6 heterocycles. The SMILES string of the molecule is CN1C(=CC=C2CCCC(C=CC3=[N+](C)c4ccccc4C3(C)C)=C2C(C2=C(C=CC3=[N+](C)c4ccccc4C3(C)C)CCCC2=CC=C2N(C)c3ccccc3C2(C)C)C2=C(C=CC3=[N+](C)c4ccccc4C3(C)C)CCCC2=CC=C2N(C)c3ccccc3C2(C)C)C(C)(C)c2ccccc21. The molecule has 15 rings (SSSR count). The molecule has 0 amide bonds. The Labute approximate surface area is 616 Å². The highest BCUT2D eigenvalue weighted by Gasteiger charge is 2.48. The molecule has 0 N–H and O–H groups in total. The molecule has 0 spiro atoms. The third-order valence-electron chi connectivity index (χ3n) is 25.9. The number of allylic oxidation sites excluding steroid dienone is 24. The van der Waals surface area contributed by atoms with E-state index >= 15 is 0 Å². The zero-order valence-corrected chi connectivity index (χ0v) is 64.9. The Kier molecular flexibility index (Phi) is 17.4. The molecule has 6 heteroatoms. The van der Waals surface area contributed by atoms with Crippen LogP contribution >= 0.6 is 0 Å². The molecule has 6 aromatic rings. The van der Waals surface area contributed by atoms with Crippen molar-refractivity contribution in [3.05, 3.63) is 319 Å². The lowest BCUT2D eigenvalue weighted by atomic mass is 9.64. The van der Waals surface area contributed by atoms with Gasteiger partial charge in [0, 0.05) is 131 Å². The molecule has 9 aliphatic rings. The molecule has 6 aliphatic heterocycles. The molecule has 0 saturated carbocycles. The monoisotopic (exact) mass is 1360 g/mol. The maximum absolute atomic E-state index is 2.62. The Morgan fingerprint density at radius 2 is 0.534 bits per heavy atom. The van der Waals surface area contributed by atoms with E-state index in [1.807, 2.05) is 0 Å². The number of hydrogen-bond acceptors (Lipinski definition) is 3. The van der Waals surface area contributed by atoms with Crippen LogP contribution in [0.2, 0.25) is 0 Å². The molecule has 6 nitrogen and oxygen atoms in total. The van der Waals surface area contributed by atoms with Crippen molar-refractivity contribution < 1.29 is 13.7 Å². The van der Waals surface area contributed by atoms with Crippen LogP contribution in [0.15, 0.2) is 286 Å². The Balaban J connectivity index is 1.07. The molecule has 0 bridgehead atoms. The van der Waals surface area contributed by atoms with Gasteiger partial charge in [0.1, 0.15) is 21.1 Å². The van der Waals surface area contributed by atoms with E-state index in [1.165, 1.54) is 152 Å². The second kappa shape index (κ2) is 25.8. The fourth-order valence-corrected chi connectivity index (χ4v) is 20.3. The normalized spacial score (nSPS) is 24.0. The Hall–Kier alpha value is -9.39. The van der Waals surface area contributed by atoms with Gasteiger partial charge in [0.25, 0.3) is 0 Å². The molecule has 3 aliphatic carbocycles. The second-order valence-electron chi connectivity index (χ2n) is 33.9. The van der Waals surface area contributed by atoms with Crippen molar-refractivity contribution in [1.29, 1.82) is 0 Å². The number of nitrogens with zero attached hydrogens (tertiary/aromatic N) is 6. The number of fused-ring (bicyclic) bond motifs is 6. The summed E-state index contributed by atoms with van der Waals surface area (Å²) in [6, 6.07) is 54.5. The van der Waals surface area contributed by atoms with Crippen LogP contribution < -0.4 is 14.7 Å². The molecule has 0 unspecified atom stereocenters. The lowest BCUT2D eigenvalue weighted by Gasteiger charge is -2.39. The summed E-state index contributed by atoms with van der Waals surface area (Å²) in [5.74, 6) is -0.187. The minimum absolute atomic E-state index is 0.187. The number of anilines is 3. The van der Waals surface area contributed by atoms with Crippen molar-refractivity contribution in [2.45, 2.75) is 173 Å². The molecule has 6 aromatic carbocycles. The van der Waals surface area contributed by atoms with Gasteiger partial charge in [-0.15, -0.1) is 0 Å². The summed E-state index contributed by atoms with van der Waals surface area (Å²) in [5, 5.41) is 0. The predicted molar refractivity (Wildman–Crippen MR) is 437 cm³/mol. The fourth-order valence-electron chi connectivity index (χ4n) is 20.3. The van der Waals surface area contributed by atoms with Crippen LogP contribution in [0.25, 0.3) is 0 Å². The predicted octanol–water partition coefficient (Wildman–Crippen LogP) is 22.5. The third kappa shape index (κ3) is 11.2. The lowest BCUT2D eigenvalue weighted by Crippen LogP contribution is -2.28. The standard InChI is InChI=1S/C97H109N6/c1-92(2)70-40-19-25-46-76(70)98(13)82(92)58-52-64-34-31-35-65(53-59-83-93(3,4)71-41-20-26-47-77(71)99(83)14)88(64)91(89-66(54-60-84-94(5,6)72-42-21-27-48-78(72)100(84)15)36-32-37-67(89)55-61-85-95(7,8)73-43-22-28-49-79(73)101(85)16)90-68(56-62-86-96(9,10)74-44-23-29-50-80(74)102(86)17)38-33-39-69(90)57-63-87-97(11,12)75-45-24-30-51-81(75)103(87)18/h19-30,40-63,91H,31-39H2,1-18H3/q+3. The summed E-state index contributed by atoms with van der Waals surface area (Å²) in [4.78, 5) is 7.42. The zero-order valence-electron chi connectivity index (χ0n) is 64.9. The van der Waals surface area contributed by atoms with Gasteiger partial charge < -0.3 is 14.7 Å². The summed E-state index contributed by atoms with van der Waals surface area (Å²) >= 11 is 0. The first-order chi connectivity index (χ1) is 49.2. The first kappa shape index (κ1) is 69.3. The van der Waals surface area contributed by atoms with Gasteiger partial charge in [-0.1, -0.05) is 187 Å². The molecule has 103 heavy (non-hydrogen) atoms. The molecule has 524 valence electrons. The topological polar surface area (TPSA) is 18.8 Å². The summed E-state index contributed by atoms with van der Waals surface area (Å²) in [7, 11) is 13.7. The maximum Gasteiger partial charge on any atom is 0.209 e. The van der Waals surface area contributed by atoms with Crippen LogP contribution in [-0.4, -0.2) is 73.1 Å². The molecule has 0 atom stereocenters. The summed E-state index contributed by atoms with van der Waals surface area (Å²) in [5.41, 5.74) is 35.5. The number of benzene rings is 6. The number of hydrogen-bond donors (Lipinski definition) is 0. The summed E-state index contributed by atoms with van der Waals surface area (Å²) in [6.07, 6.45) is 39.8. The minimum atomic E-state index is -0.216. The van der Waals surface area contributed by atoms with E-state index in [1.54, 1.807) is 0 Å². The van der Waals surface area contributed by atoms with E-state index in [0.717, 1.165) is 57.8 Å². The lowest BCUT2D eigenvalue weighted by molar-refractivity contribution is -0.401. The Bertz CT molecular complexity index is 4570. The van der Waals surface area contributed by atoms with E-state index in [9.17, 15) is 0 Å². The smallest absolute Gasteiger partial charge is 0.209 e. The van der Waals surface area contributed by atoms with Gasteiger partial charge in [-0.2, -0.15) is 13.7 Å². The largest absolute Gasteiger partial charge is 0.347 e. The number of rotatable bonds is 12. The van der Waals surface area contributed by atoms with Crippen LogP contribution in [0.5, 0.6) is 0 Å². The maximum atomic E-state index is 2.62. The highest BCUT2D eigenvalue weighted by atomic mass is 15.2. The summed E-state index contributed by atoms with van der Waals surface area (Å²) < 4.78 is 7.42. The van der Waals surface area contributed by atoms with Crippen molar-refractivity contribution in [1.82, 2.24) is 0 Å². The molecule has 0 saturated heterocycles. The number of para-hydroxylation sites is 6. The van der Waals surface area contributed by atoms with Gasteiger partial charge in [-0.25, -0.2) is 0 Å². The van der Waals surface area contributed by atoms with Gasteiger partial charge in [-0.3, -0.25) is 0 Å². The van der Waals surface area contributed by atoms with E-state index in [-0.39, 0.29) is 38.4 Å². The zero-order chi connectivity index (χ0) is 72.4. The molecular formula is C97H109N6+3. The second-order valence-corrected chi connectivity index (χ2v) is 33.9.